The van der Waals surface area contributed by atoms with Crippen LogP contribution in [0.1, 0.15) is 16.9 Å². The van der Waals surface area contributed by atoms with E-state index in [9.17, 15) is 4.79 Å². The van der Waals surface area contributed by atoms with Crippen LogP contribution in [0.4, 0.5) is 5.69 Å². The lowest BCUT2D eigenvalue weighted by Crippen LogP contribution is -2.29. The maximum absolute atomic E-state index is 12.0. The Balaban J connectivity index is 1.71. The van der Waals surface area contributed by atoms with Gasteiger partial charge >= 0.3 is 0 Å². The Morgan fingerprint density at radius 1 is 1.27 bits per heavy atom. The van der Waals surface area contributed by atoms with E-state index in [1.54, 1.807) is 41.1 Å². The number of nitrogens with one attached hydrogen (secondary N) is 1. The van der Waals surface area contributed by atoms with Crippen LogP contribution in [0.5, 0.6) is 0 Å². The van der Waals surface area contributed by atoms with Crippen molar-refractivity contribution in [1.82, 2.24) is 15.1 Å². The average Bonchev–Trinajstić information content (AvgIpc) is 3.11. The summed E-state index contributed by atoms with van der Waals surface area (Å²) in [6, 6.07) is 6.96. The number of aryl methyl sites for hydroxylation is 1. The number of hydrogen-bond acceptors (Lipinski definition) is 4. The van der Waals surface area contributed by atoms with Crippen LogP contribution in [0, 0.1) is 0 Å². The second-order valence-electron chi connectivity index (χ2n) is 4.85. The lowest BCUT2D eigenvalue weighted by molar-refractivity contribution is 0.0971. The lowest BCUT2D eigenvalue weighted by Gasteiger charge is -2.13. The maximum Gasteiger partial charge on any atom is 0.277 e. The number of anilines is 1. The van der Waals surface area contributed by atoms with E-state index >= 15 is 0 Å². The first-order valence-corrected chi connectivity index (χ1v) is 7.39. The van der Waals surface area contributed by atoms with Gasteiger partial charge in [0, 0.05) is 26.2 Å². The van der Waals surface area contributed by atoms with Crippen molar-refractivity contribution in [1.29, 1.82) is 0 Å². The number of benzene rings is 1. The van der Waals surface area contributed by atoms with Crippen LogP contribution in [0.2, 0.25) is 10.0 Å². The standard InChI is InChI=1S/C14H13Cl2N5O/c1-20-6-4-12(18-20)14(22)17-13-5-7-21(19-13)9-2-3-10(15)11(16)8-9/h2-4,6,8H,5,7H2,1H3,(H,17,19,22). The van der Waals surface area contributed by atoms with Crippen LogP contribution >= 0.6 is 23.2 Å². The first kappa shape index (κ1) is 14.9. The van der Waals surface area contributed by atoms with Crippen LogP contribution in [0.3, 0.4) is 0 Å². The monoisotopic (exact) mass is 337 g/mol. The van der Waals surface area contributed by atoms with Gasteiger partial charge in [-0.25, -0.2) is 0 Å². The molecule has 0 atom stereocenters. The number of amides is 1. The molecule has 0 spiro atoms. The number of hydrogen-bond donors (Lipinski definition) is 1. The number of aromatic nitrogens is 2. The maximum atomic E-state index is 12.0. The molecule has 8 heteroatoms. The molecule has 0 radical (unpaired) electrons. The number of hydrazone groups is 1. The number of rotatable bonds is 2. The Morgan fingerprint density at radius 2 is 2.09 bits per heavy atom. The van der Waals surface area contributed by atoms with Crippen LogP contribution < -0.4 is 10.3 Å². The zero-order chi connectivity index (χ0) is 15.7. The van der Waals surface area contributed by atoms with Crippen molar-refractivity contribution in [3.8, 4) is 0 Å². The summed E-state index contributed by atoms with van der Waals surface area (Å²) < 4.78 is 1.58. The van der Waals surface area contributed by atoms with E-state index in [4.69, 9.17) is 23.2 Å². The highest BCUT2D eigenvalue weighted by atomic mass is 35.5. The first-order chi connectivity index (χ1) is 10.5. The summed E-state index contributed by atoms with van der Waals surface area (Å²) in [7, 11) is 1.76. The summed E-state index contributed by atoms with van der Waals surface area (Å²) in [5, 5.41) is 14.0. The molecule has 0 saturated heterocycles. The Hall–Kier alpha value is -2.05. The summed E-state index contributed by atoms with van der Waals surface area (Å²) in [5.74, 6) is 0.331. The average molecular weight is 338 g/mol. The van der Waals surface area contributed by atoms with E-state index < -0.39 is 0 Å². The van der Waals surface area contributed by atoms with Crippen molar-refractivity contribution in [2.75, 3.05) is 11.6 Å². The highest BCUT2D eigenvalue weighted by molar-refractivity contribution is 6.42. The van der Waals surface area contributed by atoms with Crippen molar-refractivity contribution < 1.29 is 4.79 Å². The smallest absolute Gasteiger partial charge is 0.277 e. The zero-order valence-corrected chi connectivity index (χ0v) is 13.3. The van der Waals surface area contributed by atoms with Gasteiger partial charge in [-0.3, -0.25) is 14.5 Å². The van der Waals surface area contributed by atoms with Gasteiger partial charge in [-0.05, 0) is 24.3 Å². The summed E-state index contributed by atoms with van der Waals surface area (Å²) in [5.41, 5.74) is 1.19. The van der Waals surface area contributed by atoms with Gasteiger partial charge in [0.1, 0.15) is 5.84 Å². The van der Waals surface area contributed by atoms with Gasteiger partial charge in [0.05, 0.1) is 15.7 Å². The molecule has 22 heavy (non-hydrogen) atoms. The van der Waals surface area contributed by atoms with Crippen LogP contribution in [0.25, 0.3) is 0 Å². The second-order valence-corrected chi connectivity index (χ2v) is 5.66. The van der Waals surface area contributed by atoms with Crippen molar-refractivity contribution in [3.63, 3.8) is 0 Å². The summed E-state index contributed by atoms with van der Waals surface area (Å²) in [6.45, 7) is 0.662. The quantitative estimate of drug-likeness (QED) is 0.916. The molecule has 3 rings (SSSR count). The molecule has 2 heterocycles. The number of halogens is 2. The Bertz CT molecular complexity index is 755. The number of carbonyl (C=O) groups excluding carboxylic acids is 1. The van der Waals surface area contributed by atoms with Gasteiger partial charge < -0.3 is 5.32 Å². The first-order valence-electron chi connectivity index (χ1n) is 6.64. The molecule has 2 aromatic rings. The van der Waals surface area contributed by atoms with Crippen LogP contribution in [-0.4, -0.2) is 28.1 Å². The minimum absolute atomic E-state index is 0.268. The van der Waals surface area contributed by atoms with Gasteiger partial charge in [0.2, 0.25) is 0 Å². The van der Waals surface area contributed by atoms with E-state index in [0.717, 1.165) is 5.69 Å². The SMILES string of the molecule is Cn1ccc(C(=O)NC2=NN(c3ccc(Cl)c(Cl)c3)CC2)n1. The molecule has 6 nitrogen and oxygen atoms in total. The molecule has 0 bridgehead atoms. The van der Waals surface area contributed by atoms with E-state index in [1.807, 2.05) is 6.07 Å². The zero-order valence-electron chi connectivity index (χ0n) is 11.8. The Labute approximate surface area is 137 Å². The molecule has 0 aliphatic carbocycles. The molecule has 1 aliphatic heterocycles. The lowest BCUT2D eigenvalue weighted by atomic mass is 10.3. The number of carbonyl (C=O) groups is 1. The molecule has 0 saturated carbocycles. The number of amidine groups is 1. The molecular weight excluding hydrogens is 325 g/mol. The van der Waals surface area contributed by atoms with Crippen molar-refractivity contribution in [2.45, 2.75) is 6.42 Å². The van der Waals surface area contributed by atoms with Gasteiger partial charge in [0.25, 0.3) is 5.91 Å². The molecular formula is C14H13Cl2N5O. The summed E-state index contributed by atoms with van der Waals surface area (Å²) >= 11 is 11.9. The fraction of sp³-hybridized carbons (Fsp3) is 0.214. The molecule has 1 aromatic heterocycles. The molecule has 1 aliphatic rings. The van der Waals surface area contributed by atoms with E-state index in [0.29, 0.717) is 34.5 Å². The fourth-order valence-electron chi connectivity index (χ4n) is 2.11. The minimum atomic E-state index is -0.268. The van der Waals surface area contributed by atoms with E-state index in [1.165, 1.54) is 0 Å². The predicted octanol–water partition coefficient (Wildman–Crippen LogP) is 2.68. The van der Waals surface area contributed by atoms with Crippen molar-refractivity contribution in [3.05, 3.63) is 46.2 Å². The minimum Gasteiger partial charge on any atom is -0.307 e. The van der Waals surface area contributed by atoms with Crippen molar-refractivity contribution >= 4 is 40.6 Å². The Morgan fingerprint density at radius 3 is 2.77 bits per heavy atom. The van der Waals surface area contributed by atoms with Crippen LogP contribution in [-0.2, 0) is 7.05 Å². The third kappa shape index (κ3) is 3.08. The topological polar surface area (TPSA) is 62.5 Å². The predicted molar refractivity (Wildman–Crippen MR) is 86.5 cm³/mol. The largest absolute Gasteiger partial charge is 0.307 e. The third-order valence-electron chi connectivity index (χ3n) is 3.21. The highest BCUT2D eigenvalue weighted by Gasteiger charge is 2.19. The molecule has 114 valence electrons. The summed E-state index contributed by atoms with van der Waals surface area (Å²) in [6.07, 6.45) is 2.35. The van der Waals surface area contributed by atoms with Gasteiger partial charge in [-0.2, -0.15) is 10.2 Å². The molecule has 0 unspecified atom stereocenters. The molecule has 1 aromatic carbocycles. The van der Waals surface area contributed by atoms with E-state index in [-0.39, 0.29) is 5.91 Å². The second kappa shape index (κ2) is 5.98. The van der Waals surface area contributed by atoms with Gasteiger partial charge in [0.15, 0.2) is 5.69 Å². The number of nitrogens with zero attached hydrogens (tertiary/aromatic N) is 4. The molecule has 0 fully saturated rings. The van der Waals surface area contributed by atoms with Gasteiger partial charge in [-0.1, -0.05) is 23.2 Å². The third-order valence-corrected chi connectivity index (χ3v) is 3.95. The normalized spacial score (nSPS) is 14.1. The Kier molecular flexibility index (Phi) is 4.04. The van der Waals surface area contributed by atoms with Gasteiger partial charge in [-0.15, -0.1) is 0 Å². The molecule has 1 amide bonds. The fourth-order valence-corrected chi connectivity index (χ4v) is 2.40. The highest BCUT2D eigenvalue weighted by Crippen LogP contribution is 2.28. The summed E-state index contributed by atoms with van der Waals surface area (Å²) in [4.78, 5) is 12.0. The van der Waals surface area contributed by atoms with Crippen molar-refractivity contribution in [2.24, 2.45) is 12.1 Å². The van der Waals surface area contributed by atoms with Crippen LogP contribution in [0.15, 0.2) is 35.6 Å². The molecule has 1 N–H and O–H groups in total. The van der Waals surface area contributed by atoms with E-state index in [2.05, 4.69) is 15.5 Å².